The number of aryl methyl sites for hydroxylation is 1. The molecule has 0 saturated carbocycles. The standard InChI is InChI=1S/C27H34NO4P/c1-4-21(3)32-33(29,30)19-9-18-31-20-25-16-17-26(23-14-12-22(5-2)13-15-23)27(28-25)24-10-7-6-8-11-24/h6-8,10-17,21H,4-5,9,18-20H2,1-3H3,(H,29,30). The predicted molar refractivity (Wildman–Crippen MR) is 134 cm³/mol. The minimum atomic E-state index is -3.57. The summed E-state index contributed by atoms with van der Waals surface area (Å²) in [7, 11) is -3.57. The lowest BCUT2D eigenvalue weighted by Crippen LogP contribution is -2.08. The Kier molecular flexibility index (Phi) is 9.40. The van der Waals surface area contributed by atoms with Crippen molar-refractivity contribution in [2.75, 3.05) is 12.8 Å². The molecule has 0 saturated heterocycles. The lowest BCUT2D eigenvalue weighted by Gasteiger charge is -2.16. The minimum absolute atomic E-state index is 0.0900. The molecule has 0 aliphatic heterocycles. The van der Waals surface area contributed by atoms with Gasteiger partial charge in [0.05, 0.1) is 30.3 Å². The fraction of sp³-hybridized carbons (Fsp3) is 0.370. The lowest BCUT2D eigenvalue weighted by molar-refractivity contribution is 0.117. The molecule has 5 nitrogen and oxygen atoms in total. The van der Waals surface area contributed by atoms with Crippen LogP contribution in [-0.4, -0.2) is 28.8 Å². The summed E-state index contributed by atoms with van der Waals surface area (Å²) in [6.07, 6.45) is 2.04. The summed E-state index contributed by atoms with van der Waals surface area (Å²) in [6, 6.07) is 22.8. The molecule has 1 aromatic heterocycles. The van der Waals surface area contributed by atoms with E-state index in [1.165, 1.54) is 5.56 Å². The van der Waals surface area contributed by atoms with Crippen molar-refractivity contribution in [3.8, 4) is 22.4 Å². The highest BCUT2D eigenvalue weighted by atomic mass is 31.2. The number of nitrogens with zero attached hydrogens (tertiary/aromatic N) is 1. The molecule has 0 radical (unpaired) electrons. The molecule has 0 bridgehead atoms. The summed E-state index contributed by atoms with van der Waals surface area (Å²) >= 11 is 0. The zero-order chi connectivity index (χ0) is 23.7. The maximum absolute atomic E-state index is 12.1. The molecule has 0 fully saturated rings. The van der Waals surface area contributed by atoms with Gasteiger partial charge in [0, 0.05) is 17.7 Å². The molecule has 0 aliphatic rings. The first-order valence-corrected chi connectivity index (χ1v) is 13.4. The largest absolute Gasteiger partial charge is 0.375 e. The van der Waals surface area contributed by atoms with Crippen LogP contribution in [0.4, 0.5) is 0 Å². The summed E-state index contributed by atoms with van der Waals surface area (Å²) in [5.74, 6) is 0. The molecular formula is C27H34NO4P. The molecular weight excluding hydrogens is 433 g/mol. The van der Waals surface area contributed by atoms with E-state index in [1.807, 2.05) is 31.2 Å². The van der Waals surface area contributed by atoms with Gasteiger partial charge in [-0.25, -0.2) is 4.98 Å². The summed E-state index contributed by atoms with van der Waals surface area (Å²) in [5, 5.41) is 0. The SMILES string of the molecule is CCc1ccc(-c2ccc(COCCCP(=O)(O)OC(C)CC)nc2-c2ccccc2)cc1. The van der Waals surface area contributed by atoms with E-state index in [-0.39, 0.29) is 12.3 Å². The first kappa shape index (κ1) is 25.3. The quantitative estimate of drug-likeness (QED) is 0.232. The van der Waals surface area contributed by atoms with Gasteiger partial charge < -0.3 is 14.2 Å². The van der Waals surface area contributed by atoms with Crippen LogP contribution in [0.2, 0.25) is 0 Å². The zero-order valence-electron chi connectivity index (χ0n) is 19.7. The Morgan fingerprint density at radius 2 is 1.70 bits per heavy atom. The van der Waals surface area contributed by atoms with Crippen molar-refractivity contribution in [1.82, 2.24) is 4.98 Å². The van der Waals surface area contributed by atoms with Gasteiger partial charge in [-0.15, -0.1) is 0 Å². The van der Waals surface area contributed by atoms with Gasteiger partial charge in [-0.2, -0.15) is 0 Å². The Hall–Kier alpha value is -2.30. The van der Waals surface area contributed by atoms with Crippen LogP contribution in [0.1, 0.15) is 44.9 Å². The van der Waals surface area contributed by atoms with Crippen LogP contribution in [-0.2, 0) is 26.9 Å². The molecule has 1 N–H and O–H groups in total. The van der Waals surface area contributed by atoms with Gasteiger partial charge in [-0.05, 0) is 43.4 Å². The minimum Gasteiger partial charge on any atom is -0.375 e. The van der Waals surface area contributed by atoms with E-state index in [2.05, 4.69) is 49.4 Å². The molecule has 1 heterocycles. The van der Waals surface area contributed by atoms with Crippen molar-refractivity contribution in [2.24, 2.45) is 0 Å². The highest BCUT2D eigenvalue weighted by molar-refractivity contribution is 7.52. The van der Waals surface area contributed by atoms with E-state index in [0.717, 1.165) is 34.5 Å². The number of pyridine rings is 1. The van der Waals surface area contributed by atoms with Crippen LogP contribution in [0.25, 0.3) is 22.4 Å². The molecule has 2 aromatic carbocycles. The fourth-order valence-corrected chi connectivity index (χ4v) is 4.85. The van der Waals surface area contributed by atoms with E-state index in [1.54, 1.807) is 6.92 Å². The second-order valence-electron chi connectivity index (χ2n) is 8.21. The topological polar surface area (TPSA) is 68.7 Å². The maximum atomic E-state index is 12.1. The Labute approximate surface area is 197 Å². The molecule has 2 unspecified atom stereocenters. The molecule has 176 valence electrons. The Balaban J connectivity index is 1.68. The van der Waals surface area contributed by atoms with Gasteiger partial charge in [-0.3, -0.25) is 4.57 Å². The Morgan fingerprint density at radius 3 is 2.36 bits per heavy atom. The number of hydrogen-bond donors (Lipinski definition) is 1. The van der Waals surface area contributed by atoms with E-state index in [4.69, 9.17) is 14.2 Å². The Bertz CT molecular complexity index is 1050. The van der Waals surface area contributed by atoms with Crippen molar-refractivity contribution < 1.29 is 18.7 Å². The van der Waals surface area contributed by atoms with Crippen molar-refractivity contribution in [3.63, 3.8) is 0 Å². The van der Waals surface area contributed by atoms with Gasteiger partial charge in [0.1, 0.15) is 0 Å². The van der Waals surface area contributed by atoms with Crippen LogP contribution < -0.4 is 0 Å². The fourth-order valence-electron chi connectivity index (χ4n) is 3.50. The monoisotopic (exact) mass is 467 g/mol. The average Bonchev–Trinajstić information content (AvgIpc) is 2.84. The summed E-state index contributed by atoms with van der Waals surface area (Å²) in [5.41, 5.74) is 6.31. The third-order valence-corrected chi connectivity index (χ3v) is 7.14. The molecule has 6 heteroatoms. The highest BCUT2D eigenvalue weighted by Crippen LogP contribution is 2.44. The number of ether oxygens (including phenoxy) is 1. The molecule has 0 aliphatic carbocycles. The maximum Gasteiger partial charge on any atom is 0.328 e. The predicted octanol–water partition coefficient (Wildman–Crippen LogP) is 6.89. The van der Waals surface area contributed by atoms with Crippen LogP contribution in [0.5, 0.6) is 0 Å². The van der Waals surface area contributed by atoms with Crippen LogP contribution in [0.15, 0.2) is 66.7 Å². The van der Waals surface area contributed by atoms with Gasteiger partial charge >= 0.3 is 7.60 Å². The van der Waals surface area contributed by atoms with Gasteiger partial charge in [-0.1, -0.05) is 74.5 Å². The van der Waals surface area contributed by atoms with Gasteiger partial charge in [0.2, 0.25) is 0 Å². The molecule has 3 aromatic rings. The summed E-state index contributed by atoms with van der Waals surface area (Å²) in [4.78, 5) is 14.8. The molecule has 2 atom stereocenters. The molecule has 0 amide bonds. The second-order valence-corrected chi connectivity index (χ2v) is 10.1. The van der Waals surface area contributed by atoms with Crippen LogP contribution in [0.3, 0.4) is 0 Å². The second kappa shape index (κ2) is 12.2. The highest BCUT2D eigenvalue weighted by Gasteiger charge is 2.21. The normalized spacial score (nSPS) is 14.1. The zero-order valence-corrected chi connectivity index (χ0v) is 20.6. The van der Waals surface area contributed by atoms with Crippen LogP contribution in [0, 0.1) is 0 Å². The Morgan fingerprint density at radius 1 is 0.970 bits per heavy atom. The smallest absolute Gasteiger partial charge is 0.328 e. The average molecular weight is 468 g/mol. The number of aromatic nitrogens is 1. The molecule has 0 spiro atoms. The summed E-state index contributed by atoms with van der Waals surface area (Å²) in [6.45, 7) is 6.60. The van der Waals surface area contributed by atoms with E-state index < -0.39 is 7.60 Å². The third kappa shape index (κ3) is 7.62. The lowest BCUT2D eigenvalue weighted by atomic mass is 9.97. The number of hydrogen-bond acceptors (Lipinski definition) is 4. The number of benzene rings is 2. The summed E-state index contributed by atoms with van der Waals surface area (Å²) < 4.78 is 23.1. The molecule has 3 rings (SSSR count). The molecule has 33 heavy (non-hydrogen) atoms. The first-order chi connectivity index (χ1) is 15.9. The van der Waals surface area contributed by atoms with Crippen molar-refractivity contribution in [2.45, 2.75) is 52.7 Å². The van der Waals surface area contributed by atoms with E-state index in [0.29, 0.717) is 26.1 Å². The first-order valence-electron chi connectivity index (χ1n) is 11.6. The third-order valence-electron chi connectivity index (χ3n) is 5.57. The van der Waals surface area contributed by atoms with Gasteiger partial charge in [0.15, 0.2) is 0 Å². The van der Waals surface area contributed by atoms with Crippen molar-refractivity contribution in [3.05, 3.63) is 78.0 Å². The van der Waals surface area contributed by atoms with E-state index in [9.17, 15) is 9.46 Å². The van der Waals surface area contributed by atoms with Crippen molar-refractivity contribution in [1.29, 1.82) is 0 Å². The van der Waals surface area contributed by atoms with E-state index >= 15 is 0 Å². The van der Waals surface area contributed by atoms with Gasteiger partial charge in [0.25, 0.3) is 0 Å². The van der Waals surface area contributed by atoms with Crippen LogP contribution >= 0.6 is 7.60 Å². The van der Waals surface area contributed by atoms with Crippen molar-refractivity contribution >= 4 is 7.60 Å². The number of rotatable bonds is 12.